The lowest BCUT2D eigenvalue weighted by Crippen LogP contribution is -2.48. The molecule has 0 bridgehead atoms. The zero-order valence-corrected chi connectivity index (χ0v) is 12.6. The maximum Gasteiger partial charge on any atom is 0.224 e. The molecule has 1 aromatic carbocycles. The highest BCUT2D eigenvalue weighted by Crippen LogP contribution is 2.19. The third-order valence-corrected chi connectivity index (χ3v) is 4.22. The summed E-state index contributed by atoms with van der Waals surface area (Å²) in [6.07, 6.45) is 4.20. The number of hydrogen-bond acceptors (Lipinski definition) is 2. The van der Waals surface area contributed by atoms with Crippen LogP contribution in [0.4, 0.5) is 0 Å². The molecule has 2 atom stereocenters. The van der Waals surface area contributed by atoms with E-state index in [0.29, 0.717) is 18.4 Å². The molecule has 3 nitrogen and oxygen atoms in total. The number of benzene rings is 1. The van der Waals surface area contributed by atoms with Gasteiger partial charge in [0.1, 0.15) is 0 Å². The lowest BCUT2D eigenvalue weighted by Gasteiger charge is -2.32. The second kappa shape index (κ2) is 7.44. The number of amides is 1. The van der Waals surface area contributed by atoms with Crippen LogP contribution in [0.5, 0.6) is 0 Å². The fourth-order valence-electron chi connectivity index (χ4n) is 3.04. The smallest absolute Gasteiger partial charge is 0.224 e. The van der Waals surface area contributed by atoms with Gasteiger partial charge in [0.15, 0.2) is 0 Å². The number of carbonyl (C=O) groups excluding carboxylic acids is 1. The van der Waals surface area contributed by atoms with E-state index >= 15 is 0 Å². The van der Waals surface area contributed by atoms with Crippen LogP contribution < -0.4 is 10.6 Å². The zero-order valence-electron chi connectivity index (χ0n) is 12.6. The van der Waals surface area contributed by atoms with Gasteiger partial charge in [0, 0.05) is 12.6 Å². The molecule has 0 aliphatic carbocycles. The quantitative estimate of drug-likeness (QED) is 0.866. The number of hydrogen-bond donors (Lipinski definition) is 2. The topological polar surface area (TPSA) is 41.1 Å². The summed E-state index contributed by atoms with van der Waals surface area (Å²) in [6.45, 7) is 6.12. The largest absolute Gasteiger partial charge is 0.354 e. The van der Waals surface area contributed by atoms with Crippen molar-refractivity contribution < 1.29 is 4.79 Å². The van der Waals surface area contributed by atoms with E-state index in [0.717, 1.165) is 18.7 Å². The second-order valence-electron chi connectivity index (χ2n) is 5.84. The Hall–Kier alpha value is -1.35. The van der Waals surface area contributed by atoms with Crippen molar-refractivity contribution in [3.05, 3.63) is 35.4 Å². The highest BCUT2D eigenvalue weighted by molar-refractivity contribution is 5.78. The molecule has 1 heterocycles. The highest BCUT2D eigenvalue weighted by Gasteiger charge is 2.23. The van der Waals surface area contributed by atoms with Gasteiger partial charge in [0.25, 0.3) is 0 Å². The van der Waals surface area contributed by atoms with Gasteiger partial charge in [-0.05, 0) is 37.8 Å². The van der Waals surface area contributed by atoms with E-state index in [2.05, 4.69) is 36.6 Å². The van der Waals surface area contributed by atoms with Crippen LogP contribution in [-0.2, 0) is 11.2 Å². The van der Waals surface area contributed by atoms with E-state index in [4.69, 9.17) is 0 Å². The molecule has 0 saturated carbocycles. The first-order chi connectivity index (χ1) is 9.69. The Labute approximate surface area is 122 Å². The average molecular weight is 274 g/mol. The van der Waals surface area contributed by atoms with Gasteiger partial charge in [0.2, 0.25) is 5.91 Å². The molecule has 2 rings (SSSR count). The summed E-state index contributed by atoms with van der Waals surface area (Å²) >= 11 is 0. The number of piperidine rings is 1. The summed E-state index contributed by atoms with van der Waals surface area (Å²) in [6, 6.07) is 8.59. The molecule has 2 unspecified atom stereocenters. The van der Waals surface area contributed by atoms with E-state index in [9.17, 15) is 4.79 Å². The SMILES string of the molecule is CCC1CCCNC1CNC(=O)Cc1cccc(C)c1. The Kier molecular flexibility index (Phi) is 5.60. The maximum atomic E-state index is 12.0. The molecule has 1 aliphatic heterocycles. The van der Waals surface area contributed by atoms with Crippen molar-refractivity contribution in [2.24, 2.45) is 5.92 Å². The van der Waals surface area contributed by atoms with Crippen LogP contribution in [0.2, 0.25) is 0 Å². The summed E-state index contributed by atoms with van der Waals surface area (Å²) < 4.78 is 0. The molecule has 1 saturated heterocycles. The lowest BCUT2D eigenvalue weighted by atomic mass is 9.88. The van der Waals surface area contributed by atoms with Gasteiger partial charge in [-0.1, -0.05) is 43.2 Å². The number of carbonyl (C=O) groups is 1. The minimum Gasteiger partial charge on any atom is -0.354 e. The Bertz CT molecular complexity index is 444. The number of nitrogens with one attached hydrogen (secondary N) is 2. The Morgan fingerprint density at radius 2 is 2.30 bits per heavy atom. The molecule has 110 valence electrons. The summed E-state index contributed by atoms with van der Waals surface area (Å²) in [5.74, 6) is 0.820. The van der Waals surface area contributed by atoms with Crippen molar-refractivity contribution in [1.29, 1.82) is 0 Å². The van der Waals surface area contributed by atoms with Crippen LogP contribution in [0.1, 0.15) is 37.3 Å². The van der Waals surface area contributed by atoms with E-state index in [1.54, 1.807) is 0 Å². The minimum absolute atomic E-state index is 0.123. The molecule has 3 heteroatoms. The average Bonchev–Trinajstić information content (AvgIpc) is 2.45. The molecule has 2 N–H and O–H groups in total. The maximum absolute atomic E-state index is 12.0. The van der Waals surface area contributed by atoms with Crippen molar-refractivity contribution in [1.82, 2.24) is 10.6 Å². The first-order valence-electron chi connectivity index (χ1n) is 7.74. The monoisotopic (exact) mass is 274 g/mol. The lowest BCUT2D eigenvalue weighted by molar-refractivity contribution is -0.120. The van der Waals surface area contributed by atoms with Crippen LogP contribution in [0.15, 0.2) is 24.3 Å². The van der Waals surface area contributed by atoms with Crippen LogP contribution in [0.3, 0.4) is 0 Å². The zero-order chi connectivity index (χ0) is 14.4. The number of aryl methyl sites for hydroxylation is 1. The predicted molar refractivity (Wildman–Crippen MR) is 82.7 cm³/mol. The van der Waals surface area contributed by atoms with E-state index < -0.39 is 0 Å². The normalized spacial score (nSPS) is 22.5. The molecule has 20 heavy (non-hydrogen) atoms. The van der Waals surface area contributed by atoms with Gasteiger partial charge < -0.3 is 10.6 Å². The second-order valence-corrected chi connectivity index (χ2v) is 5.84. The van der Waals surface area contributed by atoms with Crippen LogP contribution in [0, 0.1) is 12.8 Å². The third kappa shape index (κ3) is 4.34. The van der Waals surface area contributed by atoms with Crippen molar-refractivity contribution in [2.45, 2.75) is 45.6 Å². The highest BCUT2D eigenvalue weighted by atomic mass is 16.1. The Morgan fingerprint density at radius 3 is 3.05 bits per heavy atom. The third-order valence-electron chi connectivity index (χ3n) is 4.22. The molecule has 0 aromatic heterocycles. The van der Waals surface area contributed by atoms with Gasteiger partial charge in [-0.15, -0.1) is 0 Å². The molecule has 0 spiro atoms. The minimum atomic E-state index is 0.123. The molecule has 1 fully saturated rings. The van der Waals surface area contributed by atoms with E-state index in [1.807, 2.05) is 12.1 Å². The molecule has 1 aliphatic rings. The van der Waals surface area contributed by atoms with Gasteiger partial charge in [0.05, 0.1) is 6.42 Å². The Morgan fingerprint density at radius 1 is 1.45 bits per heavy atom. The summed E-state index contributed by atoms with van der Waals surface area (Å²) in [7, 11) is 0. The van der Waals surface area contributed by atoms with Crippen molar-refractivity contribution in [2.75, 3.05) is 13.1 Å². The van der Waals surface area contributed by atoms with Gasteiger partial charge >= 0.3 is 0 Å². The predicted octanol–water partition coefficient (Wildman–Crippen LogP) is 2.43. The molecule has 1 aromatic rings. The molecule has 1 amide bonds. The van der Waals surface area contributed by atoms with Crippen molar-refractivity contribution in [3.8, 4) is 0 Å². The van der Waals surface area contributed by atoms with Crippen molar-refractivity contribution in [3.63, 3.8) is 0 Å². The molecular formula is C17H26N2O. The van der Waals surface area contributed by atoms with Crippen LogP contribution >= 0.6 is 0 Å². The van der Waals surface area contributed by atoms with Gasteiger partial charge in [-0.2, -0.15) is 0 Å². The summed E-state index contributed by atoms with van der Waals surface area (Å²) in [5.41, 5.74) is 2.29. The van der Waals surface area contributed by atoms with Gasteiger partial charge in [-0.25, -0.2) is 0 Å². The molecule has 0 radical (unpaired) electrons. The summed E-state index contributed by atoms with van der Waals surface area (Å²) in [5, 5.41) is 6.62. The standard InChI is InChI=1S/C17H26N2O/c1-3-15-8-5-9-18-16(15)12-19-17(20)11-14-7-4-6-13(2)10-14/h4,6-7,10,15-16,18H,3,5,8-9,11-12H2,1-2H3,(H,19,20). The van der Waals surface area contributed by atoms with Crippen molar-refractivity contribution >= 4 is 5.91 Å². The van der Waals surface area contributed by atoms with Gasteiger partial charge in [-0.3, -0.25) is 4.79 Å². The van der Waals surface area contributed by atoms with Crippen LogP contribution in [-0.4, -0.2) is 25.0 Å². The summed E-state index contributed by atoms with van der Waals surface area (Å²) in [4.78, 5) is 12.0. The Balaban J connectivity index is 1.79. The van der Waals surface area contributed by atoms with E-state index in [-0.39, 0.29) is 5.91 Å². The number of rotatable bonds is 5. The first-order valence-corrected chi connectivity index (χ1v) is 7.74. The van der Waals surface area contributed by atoms with Crippen LogP contribution in [0.25, 0.3) is 0 Å². The first kappa shape index (κ1) is 15.0. The van der Waals surface area contributed by atoms with E-state index in [1.165, 1.54) is 24.8 Å². The fourth-order valence-corrected chi connectivity index (χ4v) is 3.04. The molecular weight excluding hydrogens is 248 g/mol. The fraction of sp³-hybridized carbons (Fsp3) is 0.588.